The van der Waals surface area contributed by atoms with Crippen LogP contribution in [0.1, 0.15) is 51.4 Å². The number of ether oxygens (including phenoxy) is 1. The van der Waals surface area contributed by atoms with Gasteiger partial charge in [0.15, 0.2) is 5.82 Å². The molecule has 1 spiro atoms. The first-order valence-corrected chi connectivity index (χ1v) is 16.8. The highest BCUT2D eigenvalue weighted by atomic mass is 16.5. The molecule has 5 aliphatic rings. The van der Waals surface area contributed by atoms with Crippen molar-refractivity contribution in [3.63, 3.8) is 0 Å². The van der Waals surface area contributed by atoms with E-state index in [1.165, 1.54) is 71.8 Å². The van der Waals surface area contributed by atoms with Crippen LogP contribution in [0.3, 0.4) is 0 Å². The third kappa shape index (κ3) is 5.76. The lowest BCUT2D eigenvalue weighted by atomic mass is 9.49. The highest BCUT2D eigenvalue weighted by Gasteiger charge is 2.56. The summed E-state index contributed by atoms with van der Waals surface area (Å²) in [6, 6.07) is 11.5. The number of para-hydroxylation sites is 1. The first kappa shape index (κ1) is 29.7. The van der Waals surface area contributed by atoms with Crippen LogP contribution >= 0.6 is 0 Å². The van der Waals surface area contributed by atoms with Gasteiger partial charge < -0.3 is 29.9 Å². The Morgan fingerprint density at radius 3 is 2.02 bits per heavy atom. The van der Waals surface area contributed by atoms with E-state index >= 15 is 0 Å². The second-order valence-corrected chi connectivity index (χ2v) is 14.0. The third-order valence-corrected chi connectivity index (χ3v) is 11.6. The molecule has 0 unspecified atom stereocenters. The maximum Gasteiger partial charge on any atom is 0.308 e. The molecule has 2 aromatic rings. The van der Waals surface area contributed by atoms with Gasteiger partial charge in [0.25, 0.3) is 0 Å². The molecule has 3 aliphatic heterocycles. The summed E-state index contributed by atoms with van der Waals surface area (Å²) < 4.78 is 4.95. The SMILES string of the molecule is CNc1nnc(-c2ccccc2O)cc1N1CCN(C2CCN(C3CCN(C4CC5(CC(C(=O)OC)C5)C4)CC3)CC2)CC1. The highest BCUT2D eigenvalue weighted by molar-refractivity contribution is 5.75. The lowest BCUT2D eigenvalue weighted by molar-refractivity contribution is -0.163. The van der Waals surface area contributed by atoms with Crippen molar-refractivity contribution in [1.29, 1.82) is 0 Å². The molecule has 1 aromatic carbocycles. The number of piperazine rings is 1. The number of esters is 1. The van der Waals surface area contributed by atoms with Gasteiger partial charge in [-0.25, -0.2) is 0 Å². The zero-order valence-electron chi connectivity index (χ0n) is 26.5. The molecule has 0 radical (unpaired) electrons. The second-order valence-electron chi connectivity index (χ2n) is 14.0. The average Bonchev–Trinajstić information content (AvgIpc) is 3.04. The quantitative estimate of drug-likeness (QED) is 0.457. The lowest BCUT2D eigenvalue weighted by Gasteiger charge is -2.60. The molecule has 4 heterocycles. The molecule has 0 atom stereocenters. The minimum absolute atomic E-state index is 0.00303. The maximum absolute atomic E-state index is 11.8. The molecule has 7 rings (SSSR count). The monoisotopic (exact) mass is 603 g/mol. The topological polar surface area (TPSA) is 97.3 Å². The Morgan fingerprint density at radius 1 is 0.841 bits per heavy atom. The Kier molecular flexibility index (Phi) is 8.41. The van der Waals surface area contributed by atoms with Gasteiger partial charge in [-0.05, 0) is 101 Å². The van der Waals surface area contributed by atoms with E-state index < -0.39 is 0 Å². The largest absolute Gasteiger partial charge is 0.507 e. The minimum Gasteiger partial charge on any atom is -0.507 e. The fourth-order valence-electron chi connectivity index (χ4n) is 9.03. The van der Waals surface area contributed by atoms with Crippen molar-refractivity contribution in [2.45, 2.75) is 69.5 Å². The van der Waals surface area contributed by atoms with Crippen molar-refractivity contribution < 1.29 is 14.6 Å². The number of aromatic hydroxyl groups is 1. The summed E-state index contributed by atoms with van der Waals surface area (Å²) in [6.45, 7) is 8.96. The molecule has 2 N–H and O–H groups in total. The number of carbonyl (C=O) groups excluding carboxylic acids is 1. The van der Waals surface area contributed by atoms with Crippen LogP contribution in [0.25, 0.3) is 11.3 Å². The van der Waals surface area contributed by atoms with Crippen molar-refractivity contribution in [3.05, 3.63) is 30.3 Å². The van der Waals surface area contributed by atoms with Crippen molar-refractivity contribution in [3.8, 4) is 17.0 Å². The van der Waals surface area contributed by atoms with E-state index in [4.69, 9.17) is 4.74 Å². The molecule has 0 amide bonds. The van der Waals surface area contributed by atoms with Crippen LogP contribution in [0.4, 0.5) is 11.5 Å². The van der Waals surface area contributed by atoms with Crippen LogP contribution < -0.4 is 10.2 Å². The average molecular weight is 604 g/mol. The predicted molar refractivity (Wildman–Crippen MR) is 172 cm³/mol. The van der Waals surface area contributed by atoms with Crippen LogP contribution in [0.2, 0.25) is 0 Å². The first-order chi connectivity index (χ1) is 21.4. The van der Waals surface area contributed by atoms with Gasteiger partial charge in [-0.3, -0.25) is 9.69 Å². The molecule has 10 heteroatoms. The first-order valence-electron chi connectivity index (χ1n) is 16.8. The number of nitrogens with one attached hydrogen (secondary N) is 1. The van der Waals surface area contributed by atoms with Gasteiger partial charge in [0.05, 0.1) is 24.4 Å². The van der Waals surface area contributed by atoms with Gasteiger partial charge in [-0.2, -0.15) is 0 Å². The fraction of sp³-hybridized carbons (Fsp3) is 0.676. The summed E-state index contributed by atoms with van der Waals surface area (Å²) in [5, 5.41) is 22.4. The van der Waals surface area contributed by atoms with E-state index in [0.29, 0.717) is 22.7 Å². The zero-order valence-corrected chi connectivity index (χ0v) is 26.5. The second kappa shape index (κ2) is 12.4. The van der Waals surface area contributed by atoms with E-state index in [2.05, 4.69) is 41.2 Å². The molecule has 5 fully saturated rings. The summed E-state index contributed by atoms with van der Waals surface area (Å²) in [7, 11) is 3.41. The number of aromatic nitrogens is 2. The van der Waals surface area contributed by atoms with E-state index in [0.717, 1.165) is 62.6 Å². The molecule has 1 aromatic heterocycles. The molecule has 3 saturated heterocycles. The van der Waals surface area contributed by atoms with E-state index in [1.54, 1.807) is 6.07 Å². The summed E-state index contributed by atoms with van der Waals surface area (Å²) in [5.41, 5.74) is 2.91. The number of nitrogens with zero attached hydrogens (tertiary/aromatic N) is 6. The Balaban J connectivity index is 0.852. The summed E-state index contributed by atoms with van der Waals surface area (Å²) >= 11 is 0. The molecular weight excluding hydrogens is 554 g/mol. The van der Waals surface area contributed by atoms with Gasteiger partial charge in [0.2, 0.25) is 0 Å². The number of carbonyl (C=O) groups is 1. The predicted octanol–water partition coefficient (Wildman–Crippen LogP) is 3.67. The van der Waals surface area contributed by atoms with Crippen molar-refractivity contribution >= 4 is 17.5 Å². The standard InChI is InChI=1S/C34H49N7O3/c1-35-32-30(19-29(36-37-32)28-5-3-4-6-31(28)42)41-17-15-40(16-18-41)26-7-11-38(12-8-26)25-9-13-39(14-10-25)27-22-34(23-27)20-24(21-34)33(43)44-2/h3-6,19,24-27,42H,7-18,20-23H2,1-2H3,(H,35,37). The van der Waals surface area contributed by atoms with Gasteiger partial charge in [-0.1, -0.05) is 12.1 Å². The van der Waals surface area contributed by atoms with Crippen molar-refractivity contribution in [1.82, 2.24) is 24.9 Å². The normalized spacial score (nSPS) is 29.3. The van der Waals surface area contributed by atoms with E-state index in [-0.39, 0.29) is 17.6 Å². The number of phenolic OH excluding ortho intramolecular Hbond substituents is 1. The number of methoxy groups -OCH3 is 1. The highest BCUT2D eigenvalue weighted by Crippen LogP contribution is 2.60. The summed E-state index contributed by atoms with van der Waals surface area (Å²) in [5.74, 6) is 1.16. The van der Waals surface area contributed by atoms with E-state index in [9.17, 15) is 9.90 Å². The molecule has 2 saturated carbocycles. The number of rotatable bonds is 7. The van der Waals surface area contributed by atoms with Gasteiger partial charge >= 0.3 is 5.97 Å². The van der Waals surface area contributed by atoms with Gasteiger partial charge in [-0.15, -0.1) is 10.2 Å². The van der Waals surface area contributed by atoms with Crippen LogP contribution in [-0.4, -0.2) is 121 Å². The number of likely N-dealkylation sites (tertiary alicyclic amines) is 2. The number of hydrogen-bond donors (Lipinski definition) is 2. The molecule has 10 nitrogen and oxygen atoms in total. The number of benzene rings is 1. The third-order valence-electron chi connectivity index (χ3n) is 11.6. The zero-order chi connectivity index (χ0) is 30.3. The number of phenols is 1. The van der Waals surface area contributed by atoms with E-state index in [1.807, 2.05) is 25.2 Å². The number of hydrogen-bond acceptors (Lipinski definition) is 10. The minimum atomic E-state index is -0.00303. The van der Waals surface area contributed by atoms with Gasteiger partial charge in [0, 0.05) is 56.9 Å². The van der Waals surface area contributed by atoms with Crippen LogP contribution in [-0.2, 0) is 9.53 Å². The Bertz CT molecular complexity index is 1300. The Labute approximate surface area is 261 Å². The molecule has 44 heavy (non-hydrogen) atoms. The summed E-state index contributed by atoms with van der Waals surface area (Å²) in [4.78, 5) is 22.5. The van der Waals surface area contributed by atoms with Crippen molar-refractivity contribution in [2.75, 3.05) is 76.7 Å². The smallest absolute Gasteiger partial charge is 0.308 e. The number of anilines is 2. The lowest BCUT2D eigenvalue weighted by Crippen LogP contribution is -2.60. The van der Waals surface area contributed by atoms with Crippen LogP contribution in [0.15, 0.2) is 30.3 Å². The summed E-state index contributed by atoms with van der Waals surface area (Å²) in [6.07, 6.45) is 9.81. The number of piperidine rings is 2. The van der Waals surface area contributed by atoms with Crippen LogP contribution in [0, 0.1) is 11.3 Å². The molecular formula is C34H49N7O3. The maximum atomic E-state index is 11.8. The molecule has 238 valence electrons. The fourth-order valence-corrected chi connectivity index (χ4v) is 9.03. The van der Waals surface area contributed by atoms with Gasteiger partial charge in [0.1, 0.15) is 5.75 Å². The van der Waals surface area contributed by atoms with Crippen LogP contribution in [0.5, 0.6) is 5.75 Å². The molecule has 0 bridgehead atoms. The van der Waals surface area contributed by atoms with Crippen molar-refractivity contribution in [2.24, 2.45) is 11.3 Å². The Hall–Kier alpha value is -2.95. The Morgan fingerprint density at radius 2 is 1.43 bits per heavy atom. The molecule has 2 aliphatic carbocycles.